The molecule has 1 amide bonds. The number of hydrogen-bond donors (Lipinski definition) is 1. The van der Waals surface area contributed by atoms with Crippen molar-refractivity contribution < 1.29 is 23.8 Å². The topological polar surface area (TPSA) is 97.7 Å². The molecule has 7 nitrogen and oxygen atoms in total. The van der Waals surface area contributed by atoms with Crippen LogP contribution < -0.4 is 14.8 Å². The molecule has 0 aromatic heterocycles. The van der Waals surface area contributed by atoms with Crippen LogP contribution in [-0.4, -0.2) is 32.2 Å². The third-order valence-electron chi connectivity index (χ3n) is 4.43. The molecule has 0 radical (unpaired) electrons. The van der Waals surface area contributed by atoms with Gasteiger partial charge in [0.05, 0.1) is 18.2 Å². The maximum absolute atomic E-state index is 12.5. The maximum Gasteiger partial charge on any atom is 0.344 e. The van der Waals surface area contributed by atoms with Crippen molar-refractivity contribution in [2.24, 2.45) is 0 Å². The number of methoxy groups -OCH3 is 1. The van der Waals surface area contributed by atoms with Gasteiger partial charge in [-0.25, -0.2) is 4.79 Å². The third-order valence-corrected chi connectivity index (χ3v) is 5.02. The molecule has 0 spiro atoms. The Hall–Kier alpha value is -3.57. The third kappa shape index (κ3) is 7.81. The standard InChI is InChI=1S/C25H25BrN2O5/c1-4-6-19-11-18(13-22(26)24(19)33-16-23(29)32-5-2)12-20(14-27)25(30)28-15-17-7-9-21(31-3)10-8-17/h4,7-13H,1,5-6,15-16H2,2-3H3,(H,28,30)/b20-12-. The highest BCUT2D eigenvalue weighted by Gasteiger charge is 2.14. The summed E-state index contributed by atoms with van der Waals surface area (Å²) in [6, 6.07) is 12.7. The Morgan fingerprint density at radius 1 is 1.24 bits per heavy atom. The van der Waals surface area contributed by atoms with Crippen LogP contribution in [0.5, 0.6) is 11.5 Å². The Morgan fingerprint density at radius 2 is 1.97 bits per heavy atom. The van der Waals surface area contributed by atoms with Gasteiger partial charge in [0, 0.05) is 6.54 Å². The molecule has 33 heavy (non-hydrogen) atoms. The number of esters is 1. The smallest absolute Gasteiger partial charge is 0.344 e. The molecule has 0 saturated heterocycles. The van der Waals surface area contributed by atoms with Gasteiger partial charge in [-0.2, -0.15) is 5.26 Å². The molecule has 2 aromatic rings. The fourth-order valence-corrected chi connectivity index (χ4v) is 3.53. The van der Waals surface area contributed by atoms with Gasteiger partial charge in [0.25, 0.3) is 5.91 Å². The predicted octanol–water partition coefficient (Wildman–Crippen LogP) is 4.35. The van der Waals surface area contributed by atoms with Crippen LogP contribution in [0.25, 0.3) is 6.08 Å². The number of nitriles is 1. The zero-order valence-corrected chi connectivity index (χ0v) is 20.1. The monoisotopic (exact) mass is 512 g/mol. The lowest BCUT2D eigenvalue weighted by atomic mass is 10.0. The fourth-order valence-electron chi connectivity index (χ4n) is 2.90. The van der Waals surface area contributed by atoms with Crippen molar-refractivity contribution in [3.8, 4) is 17.6 Å². The second-order valence-electron chi connectivity index (χ2n) is 6.78. The summed E-state index contributed by atoms with van der Waals surface area (Å²) >= 11 is 3.44. The number of carbonyl (C=O) groups excluding carboxylic acids is 2. The first-order chi connectivity index (χ1) is 15.9. The summed E-state index contributed by atoms with van der Waals surface area (Å²) in [7, 11) is 1.58. The van der Waals surface area contributed by atoms with E-state index in [2.05, 4.69) is 27.8 Å². The van der Waals surface area contributed by atoms with E-state index in [1.54, 1.807) is 44.4 Å². The largest absolute Gasteiger partial charge is 0.497 e. The quantitative estimate of drug-likeness (QED) is 0.208. The van der Waals surface area contributed by atoms with Crippen LogP contribution in [0.15, 0.2) is 59.1 Å². The van der Waals surface area contributed by atoms with Crippen LogP contribution in [0.1, 0.15) is 23.6 Å². The van der Waals surface area contributed by atoms with E-state index in [0.717, 1.165) is 16.9 Å². The molecule has 2 aromatic carbocycles. The van der Waals surface area contributed by atoms with Gasteiger partial charge in [0.1, 0.15) is 23.1 Å². The maximum atomic E-state index is 12.5. The number of nitrogens with one attached hydrogen (secondary N) is 1. The van der Waals surface area contributed by atoms with Gasteiger partial charge >= 0.3 is 5.97 Å². The van der Waals surface area contributed by atoms with E-state index < -0.39 is 11.9 Å². The molecule has 0 fully saturated rings. The van der Waals surface area contributed by atoms with Gasteiger partial charge in [-0.15, -0.1) is 6.58 Å². The molecular formula is C25H25BrN2O5. The summed E-state index contributed by atoms with van der Waals surface area (Å²) in [6.45, 7) is 5.77. The van der Waals surface area contributed by atoms with Crippen molar-refractivity contribution in [1.82, 2.24) is 5.32 Å². The first-order valence-electron chi connectivity index (χ1n) is 10.2. The molecule has 0 bridgehead atoms. The lowest BCUT2D eigenvalue weighted by Gasteiger charge is -2.13. The number of halogens is 1. The number of hydrogen-bond acceptors (Lipinski definition) is 6. The Balaban J connectivity index is 2.19. The van der Waals surface area contributed by atoms with Gasteiger partial charge < -0.3 is 19.5 Å². The van der Waals surface area contributed by atoms with E-state index in [9.17, 15) is 14.9 Å². The minimum absolute atomic E-state index is 0.0415. The summed E-state index contributed by atoms with van der Waals surface area (Å²) in [6.07, 6.45) is 3.65. The Bertz CT molecular complexity index is 1070. The second kappa shape index (κ2) is 13.1. The Labute approximate surface area is 201 Å². The SMILES string of the molecule is C=CCc1cc(/C=C(/C#N)C(=O)NCc2ccc(OC)cc2)cc(Br)c1OCC(=O)OCC. The van der Waals surface area contributed by atoms with Crippen molar-refractivity contribution in [1.29, 1.82) is 5.26 Å². The molecule has 1 N–H and O–H groups in total. The van der Waals surface area contributed by atoms with Crippen molar-refractivity contribution >= 4 is 33.9 Å². The summed E-state index contributed by atoms with van der Waals surface area (Å²) in [5, 5.41) is 12.3. The highest BCUT2D eigenvalue weighted by Crippen LogP contribution is 2.32. The number of benzene rings is 2. The minimum atomic E-state index is -0.489. The molecule has 2 rings (SSSR count). The molecule has 0 aliphatic carbocycles. The highest BCUT2D eigenvalue weighted by molar-refractivity contribution is 9.10. The number of ether oxygens (including phenoxy) is 3. The zero-order valence-electron chi connectivity index (χ0n) is 18.5. The normalized spacial score (nSPS) is 10.7. The molecule has 0 unspecified atom stereocenters. The number of rotatable bonds is 11. The number of amides is 1. The van der Waals surface area contributed by atoms with Crippen LogP contribution >= 0.6 is 15.9 Å². The molecule has 8 heteroatoms. The Kier molecular flexibility index (Phi) is 10.2. The van der Waals surface area contributed by atoms with E-state index in [1.807, 2.05) is 18.2 Å². The van der Waals surface area contributed by atoms with E-state index in [0.29, 0.717) is 22.2 Å². The number of carbonyl (C=O) groups is 2. The highest BCUT2D eigenvalue weighted by atomic mass is 79.9. The summed E-state index contributed by atoms with van der Waals surface area (Å²) in [5.41, 5.74) is 2.20. The van der Waals surface area contributed by atoms with Crippen molar-refractivity contribution in [2.75, 3.05) is 20.3 Å². The summed E-state index contributed by atoms with van der Waals surface area (Å²) in [4.78, 5) is 24.2. The van der Waals surface area contributed by atoms with E-state index in [4.69, 9.17) is 14.2 Å². The Morgan fingerprint density at radius 3 is 2.58 bits per heavy atom. The lowest BCUT2D eigenvalue weighted by molar-refractivity contribution is -0.145. The van der Waals surface area contributed by atoms with E-state index in [1.165, 1.54) is 6.08 Å². The van der Waals surface area contributed by atoms with Crippen LogP contribution in [0, 0.1) is 11.3 Å². The van der Waals surface area contributed by atoms with Gasteiger partial charge in [-0.3, -0.25) is 4.79 Å². The van der Waals surface area contributed by atoms with Crippen LogP contribution in [0.3, 0.4) is 0 Å². The van der Waals surface area contributed by atoms with E-state index >= 15 is 0 Å². The summed E-state index contributed by atoms with van der Waals surface area (Å²) in [5.74, 6) is 0.233. The van der Waals surface area contributed by atoms with Crippen LogP contribution in [-0.2, 0) is 27.3 Å². The number of allylic oxidation sites excluding steroid dienone is 1. The first-order valence-corrected chi connectivity index (χ1v) is 11.0. The van der Waals surface area contributed by atoms with Crippen LogP contribution in [0.2, 0.25) is 0 Å². The molecular weight excluding hydrogens is 488 g/mol. The van der Waals surface area contributed by atoms with Crippen molar-refractivity contribution in [3.05, 3.63) is 75.8 Å². The molecule has 172 valence electrons. The molecule has 0 saturated carbocycles. The van der Waals surface area contributed by atoms with Gasteiger partial charge in [0.15, 0.2) is 6.61 Å². The average Bonchev–Trinajstić information content (AvgIpc) is 2.81. The van der Waals surface area contributed by atoms with Gasteiger partial charge in [-0.1, -0.05) is 18.2 Å². The average molecular weight is 513 g/mol. The fraction of sp³-hybridized carbons (Fsp3) is 0.240. The molecule has 0 aliphatic heterocycles. The van der Waals surface area contributed by atoms with Crippen molar-refractivity contribution in [2.45, 2.75) is 19.9 Å². The van der Waals surface area contributed by atoms with Crippen LogP contribution in [0.4, 0.5) is 0 Å². The van der Waals surface area contributed by atoms with Crippen molar-refractivity contribution in [3.63, 3.8) is 0 Å². The lowest BCUT2D eigenvalue weighted by Crippen LogP contribution is -2.23. The number of nitrogens with zero attached hydrogens (tertiary/aromatic N) is 1. The molecule has 0 aliphatic rings. The molecule has 0 heterocycles. The second-order valence-corrected chi connectivity index (χ2v) is 7.63. The minimum Gasteiger partial charge on any atom is -0.497 e. The van der Waals surface area contributed by atoms with Gasteiger partial charge in [-0.05, 0) is 76.3 Å². The molecule has 0 atom stereocenters. The summed E-state index contributed by atoms with van der Waals surface area (Å²) < 4.78 is 16.2. The van der Waals surface area contributed by atoms with Gasteiger partial charge in [0.2, 0.25) is 0 Å². The predicted molar refractivity (Wildman–Crippen MR) is 129 cm³/mol. The first kappa shape index (κ1) is 25.7. The van der Waals surface area contributed by atoms with E-state index in [-0.39, 0.29) is 25.3 Å². The zero-order chi connectivity index (χ0) is 24.2.